The van der Waals surface area contributed by atoms with Crippen LogP contribution < -0.4 is 5.43 Å². The van der Waals surface area contributed by atoms with Crippen molar-refractivity contribution < 1.29 is 9.53 Å². The van der Waals surface area contributed by atoms with Gasteiger partial charge in [-0.05, 0) is 40.5 Å². The first-order valence-corrected chi connectivity index (χ1v) is 7.36. The Balaban J connectivity index is 2.06. The molecule has 0 saturated carbocycles. The van der Waals surface area contributed by atoms with E-state index < -0.39 is 0 Å². The van der Waals surface area contributed by atoms with E-state index in [0.717, 1.165) is 16.4 Å². The number of nitrogens with one attached hydrogen (secondary N) is 1. The maximum Gasteiger partial charge on any atom is 0.339 e. The van der Waals surface area contributed by atoms with Crippen LogP contribution in [0.15, 0.2) is 33.2 Å². The zero-order valence-electron chi connectivity index (χ0n) is 10.9. The maximum absolute atomic E-state index is 11.4. The number of carbonyl (C=O) groups is 1. The number of hydrogen-bond donors (Lipinski definition) is 1. The van der Waals surface area contributed by atoms with Crippen LogP contribution in [0.2, 0.25) is 0 Å². The molecule has 0 unspecified atom stereocenters. The number of nitrogens with zero attached hydrogens (tertiary/aromatic N) is 2. The maximum atomic E-state index is 11.4. The fourth-order valence-electron chi connectivity index (χ4n) is 1.45. The van der Waals surface area contributed by atoms with Crippen LogP contribution in [0.25, 0.3) is 0 Å². The zero-order chi connectivity index (χ0) is 14.5. The molecule has 2 rings (SSSR count). The summed E-state index contributed by atoms with van der Waals surface area (Å²) in [6.07, 6.45) is 1.66. The van der Waals surface area contributed by atoms with Gasteiger partial charge in [-0.2, -0.15) is 5.10 Å². The number of ether oxygens (including phenoxy) is 1. The summed E-state index contributed by atoms with van der Waals surface area (Å²) in [5.41, 5.74) is 5.14. The lowest BCUT2D eigenvalue weighted by atomic mass is 10.1. The molecule has 1 aromatic heterocycles. The lowest BCUT2D eigenvalue weighted by Crippen LogP contribution is -2.02. The number of halogens is 1. The summed E-state index contributed by atoms with van der Waals surface area (Å²) < 4.78 is 5.34. The second-order valence-corrected chi connectivity index (χ2v) is 5.61. The first-order chi connectivity index (χ1) is 9.60. The van der Waals surface area contributed by atoms with E-state index in [1.165, 1.54) is 18.4 Å². The number of anilines is 1. The van der Waals surface area contributed by atoms with Gasteiger partial charge in [-0.15, -0.1) is 11.3 Å². The monoisotopic (exact) mass is 353 g/mol. The molecular weight excluding hydrogens is 342 g/mol. The number of carbonyl (C=O) groups excluding carboxylic acids is 1. The minimum Gasteiger partial charge on any atom is -0.465 e. The summed E-state index contributed by atoms with van der Waals surface area (Å²) in [5, 5.41) is 6.78. The molecule has 7 heteroatoms. The molecule has 0 amide bonds. The van der Waals surface area contributed by atoms with E-state index in [-0.39, 0.29) is 5.97 Å². The largest absolute Gasteiger partial charge is 0.465 e. The Morgan fingerprint density at radius 1 is 1.55 bits per heavy atom. The van der Waals surface area contributed by atoms with Crippen LogP contribution >= 0.6 is 27.3 Å². The summed E-state index contributed by atoms with van der Waals surface area (Å²) in [4.78, 5) is 15.7. The number of hydrazone groups is 1. The molecule has 1 N–H and O–H groups in total. The number of benzene rings is 1. The van der Waals surface area contributed by atoms with E-state index in [4.69, 9.17) is 0 Å². The van der Waals surface area contributed by atoms with Gasteiger partial charge in [0.15, 0.2) is 0 Å². The Bertz CT molecular complexity index is 655. The van der Waals surface area contributed by atoms with Crippen molar-refractivity contribution in [1.82, 2.24) is 4.98 Å². The van der Waals surface area contributed by atoms with Crippen molar-refractivity contribution >= 4 is 44.6 Å². The van der Waals surface area contributed by atoms with Gasteiger partial charge in [-0.3, -0.25) is 5.43 Å². The van der Waals surface area contributed by atoms with Crippen molar-refractivity contribution in [2.75, 3.05) is 12.5 Å². The van der Waals surface area contributed by atoms with Crippen molar-refractivity contribution in [2.24, 2.45) is 5.10 Å². The van der Waals surface area contributed by atoms with Crippen molar-refractivity contribution in [3.8, 4) is 0 Å². The van der Waals surface area contributed by atoms with E-state index in [1.807, 2.05) is 12.3 Å². The Hall–Kier alpha value is -1.73. The fraction of sp³-hybridized carbons (Fsp3) is 0.154. The summed E-state index contributed by atoms with van der Waals surface area (Å²) >= 11 is 4.83. The SMILES string of the molecule is COC(=O)c1ccc(C=NNc2nc(C)cs2)cc1Br. The molecule has 0 aliphatic carbocycles. The lowest BCUT2D eigenvalue weighted by Gasteiger charge is -2.03. The van der Waals surface area contributed by atoms with Crippen LogP contribution in [0.1, 0.15) is 21.6 Å². The summed E-state index contributed by atoms with van der Waals surface area (Å²) in [6.45, 7) is 1.92. The second-order valence-electron chi connectivity index (χ2n) is 3.89. The molecular formula is C13H12BrN3O2S. The Morgan fingerprint density at radius 3 is 2.95 bits per heavy atom. The van der Waals surface area contributed by atoms with Gasteiger partial charge in [0.05, 0.1) is 24.6 Å². The number of thiazole rings is 1. The van der Waals surface area contributed by atoms with E-state index in [9.17, 15) is 4.79 Å². The summed E-state index contributed by atoms with van der Waals surface area (Å²) in [6, 6.07) is 5.27. The Labute approximate surface area is 128 Å². The predicted octanol–water partition coefficient (Wildman–Crippen LogP) is 3.45. The van der Waals surface area contributed by atoms with Gasteiger partial charge in [0, 0.05) is 9.85 Å². The number of methoxy groups -OCH3 is 1. The van der Waals surface area contributed by atoms with Crippen molar-refractivity contribution in [1.29, 1.82) is 0 Å². The Morgan fingerprint density at radius 2 is 2.35 bits per heavy atom. The number of hydrogen-bond acceptors (Lipinski definition) is 6. The fourth-order valence-corrected chi connectivity index (χ4v) is 2.65. The third kappa shape index (κ3) is 3.64. The highest BCUT2D eigenvalue weighted by atomic mass is 79.9. The molecule has 0 atom stereocenters. The quantitative estimate of drug-likeness (QED) is 0.519. The van der Waals surface area contributed by atoms with Crippen LogP contribution in [-0.4, -0.2) is 24.3 Å². The van der Waals surface area contributed by atoms with Crippen LogP contribution in [0.3, 0.4) is 0 Å². The molecule has 1 aromatic carbocycles. The third-order valence-electron chi connectivity index (χ3n) is 2.39. The first kappa shape index (κ1) is 14.7. The molecule has 5 nitrogen and oxygen atoms in total. The molecule has 0 saturated heterocycles. The number of aromatic nitrogens is 1. The summed E-state index contributed by atoms with van der Waals surface area (Å²) in [5.74, 6) is -0.378. The number of rotatable bonds is 4. The van der Waals surface area contributed by atoms with Gasteiger partial charge >= 0.3 is 5.97 Å². The normalized spacial score (nSPS) is 10.8. The van der Waals surface area contributed by atoms with Crippen LogP contribution in [-0.2, 0) is 4.74 Å². The van der Waals surface area contributed by atoms with Crippen molar-refractivity contribution in [3.05, 3.63) is 44.9 Å². The predicted molar refractivity (Wildman–Crippen MR) is 83.5 cm³/mol. The molecule has 0 aliphatic rings. The van der Waals surface area contributed by atoms with E-state index in [1.54, 1.807) is 24.4 Å². The standard InChI is InChI=1S/C13H12BrN3O2S/c1-8-7-20-13(16-8)17-15-6-9-3-4-10(11(14)5-9)12(18)19-2/h3-7H,1-2H3,(H,16,17). The molecule has 0 aliphatic heterocycles. The molecule has 0 spiro atoms. The third-order valence-corrected chi connectivity index (χ3v) is 3.91. The molecule has 1 heterocycles. The van der Waals surface area contributed by atoms with E-state index in [0.29, 0.717) is 10.0 Å². The van der Waals surface area contributed by atoms with Gasteiger partial charge < -0.3 is 4.74 Å². The van der Waals surface area contributed by atoms with Crippen molar-refractivity contribution in [3.63, 3.8) is 0 Å². The van der Waals surface area contributed by atoms with E-state index >= 15 is 0 Å². The number of aryl methyl sites for hydroxylation is 1. The van der Waals surface area contributed by atoms with Gasteiger partial charge in [-0.1, -0.05) is 6.07 Å². The topological polar surface area (TPSA) is 63.6 Å². The lowest BCUT2D eigenvalue weighted by molar-refractivity contribution is 0.0599. The van der Waals surface area contributed by atoms with Crippen molar-refractivity contribution in [2.45, 2.75) is 6.92 Å². The zero-order valence-corrected chi connectivity index (χ0v) is 13.3. The molecule has 0 bridgehead atoms. The number of esters is 1. The first-order valence-electron chi connectivity index (χ1n) is 5.69. The highest BCUT2D eigenvalue weighted by Gasteiger charge is 2.09. The minimum absolute atomic E-state index is 0.378. The second kappa shape index (κ2) is 6.62. The molecule has 0 radical (unpaired) electrons. The molecule has 0 fully saturated rings. The van der Waals surface area contributed by atoms with E-state index in [2.05, 4.69) is 36.2 Å². The molecule has 20 heavy (non-hydrogen) atoms. The van der Waals surface area contributed by atoms with Gasteiger partial charge in [0.2, 0.25) is 5.13 Å². The molecule has 2 aromatic rings. The van der Waals surface area contributed by atoms with Gasteiger partial charge in [-0.25, -0.2) is 9.78 Å². The molecule has 104 valence electrons. The van der Waals surface area contributed by atoms with Gasteiger partial charge in [0.1, 0.15) is 0 Å². The van der Waals surface area contributed by atoms with Crippen LogP contribution in [0.5, 0.6) is 0 Å². The average molecular weight is 354 g/mol. The minimum atomic E-state index is -0.378. The summed E-state index contributed by atoms with van der Waals surface area (Å²) in [7, 11) is 1.35. The van der Waals surface area contributed by atoms with Gasteiger partial charge in [0.25, 0.3) is 0 Å². The smallest absolute Gasteiger partial charge is 0.339 e. The Kier molecular flexibility index (Phi) is 4.86. The van der Waals surface area contributed by atoms with Crippen LogP contribution in [0.4, 0.5) is 5.13 Å². The van der Waals surface area contributed by atoms with Crippen LogP contribution in [0, 0.1) is 6.92 Å². The average Bonchev–Trinajstić information content (AvgIpc) is 2.84. The highest BCUT2D eigenvalue weighted by molar-refractivity contribution is 9.10. The highest BCUT2D eigenvalue weighted by Crippen LogP contribution is 2.19.